The molecule has 1 fully saturated rings. The molecule has 0 saturated heterocycles. The lowest BCUT2D eigenvalue weighted by molar-refractivity contribution is -0.137. The third-order valence-electron chi connectivity index (χ3n) is 5.32. The van der Waals surface area contributed by atoms with Gasteiger partial charge >= 0.3 is 6.18 Å². The number of aromatic nitrogens is 2. The molecule has 3 aromatic rings. The molecule has 1 saturated carbocycles. The summed E-state index contributed by atoms with van der Waals surface area (Å²) in [6.07, 6.45) is 1.81. The van der Waals surface area contributed by atoms with Gasteiger partial charge in [-0.2, -0.15) is 18.2 Å². The predicted molar refractivity (Wildman–Crippen MR) is 119 cm³/mol. The predicted octanol–water partition coefficient (Wildman–Crippen LogP) is 7.00. The molecule has 0 aliphatic heterocycles. The third-order valence-corrected chi connectivity index (χ3v) is 5.32. The Morgan fingerprint density at radius 2 is 1.66 bits per heavy atom. The minimum absolute atomic E-state index is 0.0701. The van der Waals surface area contributed by atoms with Gasteiger partial charge in [0.2, 0.25) is 5.95 Å². The molecule has 0 atom stereocenters. The van der Waals surface area contributed by atoms with Crippen LogP contribution in [-0.2, 0) is 6.18 Å². The van der Waals surface area contributed by atoms with Crippen LogP contribution in [-0.4, -0.2) is 16.1 Å². The maximum absolute atomic E-state index is 13.6. The monoisotopic (exact) mass is 442 g/mol. The first-order chi connectivity index (χ1) is 15.4. The molecule has 0 unspecified atom stereocenters. The lowest BCUT2D eigenvalue weighted by atomic mass is 9.98. The van der Waals surface area contributed by atoms with Crippen molar-refractivity contribution in [1.29, 1.82) is 0 Å². The second-order valence-electron chi connectivity index (χ2n) is 7.98. The van der Waals surface area contributed by atoms with E-state index in [1.807, 2.05) is 31.2 Å². The Bertz CT molecular complexity index is 1070. The van der Waals surface area contributed by atoms with Gasteiger partial charge in [-0.1, -0.05) is 24.6 Å². The lowest BCUT2D eigenvalue weighted by Gasteiger charge is -2.23. The van der Waals surface area contributed by atoms with Crippen LogP contribution in [0.25, 0.3) is 0 Å². The van der Waals surface area contributed by atoms with Crippen LogP contribution in [0, 0.1) is 6.92 Å². The van der Waals surface area contributed by atoms with Crippen molar-refractivity contribution in [2.24, 2.45) is 0 Å². The van der Waals surface area contributed by atoms with Crippen molar-refractivity contribution < 1.29 is 17.9 Å². The van der Waals surface area contributed by atoms with E-state index >= 15 is 0 Å². The second kappa shape index (κ2) is 9.46. The van der Waals surface area contributed by atoms with Crippen LogP contribution in [0.1, 0.15) is 43.2 Å². The van der Waals surface area contributed by atoms with Gasteiger partial charge in [-0.3, -0.25) is 0 Å². The zero-order chi connectivity index (χ0) is 22.6. The molecule has 1 aliphatic carbocycles. The minimum Gasteiger partial charge on any atom is -0.490 e. The molecule has 0 spiro atoms. The Kier molecular flexibility index (Phi) is 6.48. The normalized spacial score (nSPS) is 14.8. The maximum atomic E-state index is 13.6. The molecular formula is C24H25F3N4O. The zero-order valence-corrected chi connectivity index (χ0v) is 17.7. The van der Waals surface area contributed by atoms with Crippen molar-refractivity contribution in [1.82, 2.24) is 9.97 Å². The highest BCUT2D eigenvalue weighted by molar-refractivity contribution is 5.64. The van der Waals surface area contributed by atoms with E-state index in [-0.39, 0.29) is 17.9 Å². The first-order valence-electron chi connectivity index (χ1n) is 10.7. The highest BCUT2D eigenvalue weighted by Gasteiger charge is 2.35. The quantitative estimate of drug-likeness (QED) is 0.430. The van der Waals surface area contributed by atoms with Crippen molar-refractivity contribution in [3.8, 4) is 5.75 Å². The Hall–Kier alpha value is -3.29. The molecule has 32 heavy (non-hydrogen) atoms. The topological polar surface area (TPSA) is 59.1 Å². The number of alkyl halides is 3. The van der Waals surface area contributed by atoms with E-state index in [1.165, 1.54) is 6.42 Å². The molecule has 0 radical (unpaired) electrons. The van der Waals surface area contributed by atoms with Crippen molar-refractivity contribution in [3.63, 3.8) is 0 Å². The van der Waals surface area contributed by atoms with E-state index in [2.05, 4.69) is 20.6 Å². The first kappa shape index (κ1) is 21.9. The van der Waals surface area contributed by atoms with E-state index in [9.17, 15) is 13.2 Å². The summed E-state index contributed by atoms with van der Waals surface area (Å²) in [6.45, 7) is 1.92. The third kappa shape index (κ3) is 5.69. The number of benzene rings is 2. The summed E-state index contributed by atoms with van der Waals surface area (Å²) in [5.41, 5.74) is 1.23. The summed E-state index contributed by atoms with van der Waals surface area (Å²) in [4.78, 5) is 7.97. The van der Waals surface area contributed by atoms with Crippen molar-refractivity contribution in [2.45, 2.75) is 51.3 Å². The highest BCUT2D eigenvalue weighted by Crippen LogP contribution is 2.36. The SMILES string of the molecule is Cc1cccc(Nc2ncc(C(F)(F)F)c(Nc3cccc(OC4CCCCC4)c3)n2)c1. The largest absolute Gasteiger partial charge is 0.490 e. The Balaban J connectivity index is 1.57. The minimum atomic E-state index is -4.60. The molecule has 4 rings (SSSR count). The average molecular weight is 442 g/mol. The number of hydrogen-bond donors (Lipinski definition) is 2. The van der Waals surface area contributed by atoms with Gasteiger partial charge in [-0.25, -0.2) is 4.98 Å². The number of anilines is 4. The van der Waals surface area contributed by atoms with Gasteiger partial charge in [0.1, 0.15) is 17.1 Å². The summed E-state index contributed by atoms with van der Waals surface area (Å²) in [6, 6.07) is 14.4. The lowest BCUT2D eigenvalue weighted by Crippen LogP contribution is -2.19. The zero-order valence-electron chi connectivity index (χ0n) is 17.7. The second-order valence-corrected chi connectivity index (χ2v) is 7.98. The molecule has 2 aromatic carbocycles. The van der Waals surface area contributed by atoms with Crippen LogP contribution in [0.2, 0.25) is 0 Å². The van der Waals surface area contributed by atoms with Crippen molar-refractivity contribution >= 4 is 23.1 Å². The van der Waals surface area contributed by atoms with Crippen LogP contribution in [0.15, 0.2) is 54.7 Å². The molecule has 5 nitrogen and oxygen atoms in total. The molecule has 168 valence electrons. The summed E-state index contributed by atoms with van der Waals surface area (Å²) in [5, 5.41) is 5.76. The van der Waals surface area contributed by atoms with Gasteiger partial charge in [0.25, 0.3) is 0 Å². The van der Waals surface area contributed by atoms with E-state index in [1.54, 1.807) is 24.3 Å². The molecule has 1 aliphatic rings. The van der Waals surface area contributed by atoms with Gasteiger partial charge in [0, 0.05) is 23.6 Å². The number of nitrogens with zero attached hydrogens (tertiary/aromatic N) is 2. The fourth-order valence-electron chi connectivity index (χ4n) is 3.76. The van der Waals surface area contributed by atoms with Crippen molar-refractivity contribution in [2.75, 3.05) is 10.6 Å². The average Bonchev–Trinajstić information content (AvgIpc) is 2.74. The first-order valence-corrected chi connectivity index (χ1v) is 10.7. The number of ether oxygens (including phenoxy) is 1. The fourth-order valence-corrected chi connectivity index (χ4v) is 3.76. The number of hydrogen-bond acceptors (Lipinski definition) is 5. The molecule has 0 amide bonds. The van der Waals surface area contributed by atoms with Gasteiger partial charge < -0.3 is 15.4 Å². The summed E-state index contributed by atoms with van der Waals surface area (Å²) in [5.74, 6) is 0.376. The summed E-state index contributed by atoms with van der Waals surface area (Å²) in [7, 11) is 0. The van der Waals surface area contributed by atoms with E-state index in [0.29, 0.717) is 17.1 Å². The van der Waals surface area contributed by atoms with Gasteiger partial charge in [0.05, 0.1) is 6.10 Å². The van der Waals surface area contributed by atoms with Gasteiger partial charge in [-0.05, 0) is 62.4 Å². The number of nitrogens with one attached hydrogen (secondary N) is 2. The fraction of sp³-hybridized carbons (Fsp3) is 0.333. The summed E-state index contributed by atoms with van der Waals surface area (Å²) < 4.78 is 46.8. The Morgan fingerprint density at radius 3 is 2.38 bits per heavy atom. The number of rotatable bonds is 6. The van der Waals surface area contributed by atoms with Crippen molar-refractivity contribution in [3.05, 3.63) is 65.9 Å². The van der Waals surface area contributed by atoms with Crippen LogP contribution in [0.5, 0.6) is 5.75 Å². The van der Waals surface area contributed by atoms with Gasteiger partial charge in [0.15, 0.2) is 0 Å². The van der Waals surface area contributed by atoms with Crippen LogP contribution >= 0.6 is 0 Å². The number of halogens is 3. The smallest absolute Gasteiger partial charge is 0.421 e. The Morgan fingerprint density at radius 1 is 0.938 bits per heavy atom. The number of aryl methyl sites for hydroxylation is 1. The summed E-state index contributed by atoms with van der Waals surface area (Å²) >= 11 is 0. The van der Waals surface area contributed by atoms with E-state index in [4.69, 9.17) is 4.74 Å². The maximum Gasteiger partial charge on any atom is 0.421 e. The molecule has 1 heterocycles. The van der Waals surface area contributed by atoms with E-state index < -0.39 is 11.7 Å². The van der Waals surface area contributed by atoms with Crippen LogP contribution in [0.4, 0.5) is 36.3 Å². The molecule has 0 bridgehead atoms. The standard InChI is InChI=1S/C24H25F3N4O/c1-16-7-5-8-17(13-16)30-23-28-15-21(24(25,26)27)22(31-23)29-18-9-6-12-20(14-18)32-19-10-3-2-4-11-19/h5-9,12-15,19H,2-4,10-11H2,1H3,(H2,28,29,30,31). The molecular weight excluding hydrogens is 417 g/mol. The van der Waals surface area contributed by atoms with Gasteiger partial charge in [-0.15, -0.1) is 0 Å². The highest BCUT2D eigenvalue weighted by atomic mass is 19.4. The van der Waals surface area contributed by atoms with Crippen LogP contribution < -0.4 is 15.4 Å². The molecule has 1 aromatic heterocycles. The molecule has 8 heteroatoms. The molecule has 2 N–H and O–H groups in total. The Labute approximate surface area is 185 Å². The van der Waals surface area contributed by atoms with E-state index in [0.717, 1.165) is 37.4 Å². The van der Waals surface area contributed by atoms with Crippen LogP contribution in [0.3, 0.4) is 0 Å².